The van der Waals surface area contributed by atoms with Crippen molar-refractivity contribution in [3.63, 3.8) is 0 Å². The number of likely N-dealkylation sites (tertiary alicyclic amines) is 1. The molecule has 5 rings (SSSR count). The lowest BCUT2D eigenvalue weighted by Crippen LogP contribution is -2.27. The second kappa shape index (κ2) is 12.8. The molecule has 1 unspecified atom stereocenters. The molecule has 1 amide bonds. The van der Waals surface area contributed by atoms with Crippen molar-refractivity contribution in [2.75, 3.05) is 37.6 Å². The number of halogens is 2. The van der Waals surface area contributed by atoms with E-state index in [1.165, 1.54) is 63.7 Å². The molecule has 2 N–H and O–H groups in total. The molecule has 5 nitrogen and oxygen atoms in total. The first-order valence-corrected chi connectivity index (χ1v) is 13.7. The fourth-order valence-electron chi connectivity index (χ4n) is 4.86. The summed E-state index contributed by atoms with van der Waals surface area (Å²) in [6.45, 7) is 5.40. The van der Waals surface area contributed by atoms with Gasteiger partial charge in [-0.05, 0) is 113 Å². The summed E-state index contributed by atoms with van der Waals surface area (Å²) in [4.78, 5) is 15.7. The van der Waals surface area contributed by atoms with Gasteiger partial charge < -0.3 is 20.3 Å². The zero-order chi connectivity index (χ0) is 24.6. The van der Waals surface area contributed by atoms with E-state index in [2.05, 4.69) is 21.9 Å². The van der Waals surface area contributed by atoms with E-state index >= 15 is 0 Å². The molecule has 3 fully saturated rings. The van der Waals surface area contributed by atoms with E-state index in [0.29, 0.717) is 6.10 Å². The SMILES string of the molecule is Clc1cc(CCCN2CCCC2)ccc1OC1CCC1.NC(=O)C1CCN(c2ccc(Cl)cc2)C1. The van der Waals surface area contributed by atoms with Gasteiger partial charge >= 0.3 is 0 Å². The average molecular weight is 519 g/mol. The summed E-state index contributed by atoms with van der Waals surface area (Å²) < 4.78 is 5.88. The molecule has 0 spiro atoms. The molecule has 2 saturated heterocycles. The Bertz CT molecular complexity index is 959. The van der Waals surface area contributed by atoms with Crippen LogP contribution in [-0.2, 0) is 11.2 Å². The number of aryl methyl sites for hydroxylation is 1. The zero-order valence-corrected chi connectivity index (χ0v) is 21.9. The summed E-state index contributed by atoms with van der Waals surface area (Å²) in [5.74, 6) is 0.645. The maximum Gasteiger partial charge on any atom is 0.222 e. The van der Waals surface area contributed by atoms with E-state index in [0.717, 1.165) is 47.4 Å². The van der Waals surface area contributed by atoms with Crippen LogP contribution in [0.25, 0.3) is 0 Å². The Morgan fingerprint density at radius 1 is 0.971 bits per heavy atom. The van der Waals surface area contributed by atoms with Crippen molar-refractivity contribution in [1.29, 1.82) is 0 Å². The number of benzene rings is 2. The number of anilines is 1. The highest BCUT2D eigenvalue weighted by molar-refractivity contribution is 6.32. The largest absolute Gasteiger partial charge is 0.489 e. The molecule has 190 valence electrons. The van der Waals surface area contributed by atoms with Crippen molar-refractivity contribution in [2.24, 2.45) is 11.7 Å². The highest BCUT2D eigenvalue weighted by Crippen LogP contribution is 2.31. The van der Waals surface area contributed by atoms with Crippen LogP contribution in [0.3, 0.4) is 0 Å². The molecular formula is C28H37Cl2N3O2. The zero-order valence-electron chi connectivity index (χ0n) is 20.4. The summed E-state index contributed by atoms with van der Waals surface area (Å²) in [6.07, 6.45) is 9.96. The predicted molar refractivity (Wildman–Crippen MR) is 145 cm³/mol. The van der Waals surface area contributed by atoms with Crippen LogP contribution >= 0.6 is 23.2 Å². The van der Waals surface area contributed by atoms with Crippen LogP contribution in [0, 0.1) is 5.92 Å². The molecule has 0 bridgehead atoms. The predicted octanol–water partition coefficient (Wildman–Crippen LogP) is 5.95. The van der Waals surface area contributed by atoms with Crippen LogP contribution in [0.4, 0.5) is 5.69 Å². The van der Waals surface area contributed by atoms with E-state index in [1.54, 1.807) is 0 Å². The lowest BCUT2D eigenvalue weighted by atomic mass is 9.96. The first-order chi connectivity index (χ1) is 17.0. The molecule has 1 aliphatic carbocycles. The Morgan fingerprint density at radius 2 is 1.71 bits per heavy atom. The number of hydrogen-bond acceptors (Lipinski definition) is 4. The van der Waals surface area contributed by atoms with Gasteiger partial charge in [0, 0.05) is 23.8 Å². The molecular weight excluding hydrogens is 481 g/mol. The summed E-state index contributed by atoms with van der Waals surface area (Å²) >= 11 is 12.1. The van der Waals surface area contributed by atoms with E-state index < -0.39 is 0 Å². The van der Waals surface area contributed by atoms with Crippen LogP contribution in [-0.4, -0.2) is 49.6 Å². The first kappa shape index (κ1) is 26.1. The third-order valence-corrected chi connectivity index (χ3v) is 7.81. The quantitative estimate of drug-likeness (QED) is 0.469. The topological polar surface area (TPSA) is 58.8 Å². The molecule has 2 aromatic rings. The highest BCUT2D eigenvalue weighted by Gasteiger charge is 2.26. The normalized spacial score (nSPS) is 20.3. The molecule has 35 heavy (non-hydrogen) atoms. The molecule has 0 radical (unpaired) electrons. The minimum absolute atomic E-state index is 0.0133. The second-order valence-corrected chi connectivity index (χ2v) is 10.7. The summed E-state index contributed by atoms with van der Waals surface area (Å²) in [5, 5.41) is 1.50. The van der Waals surface area contributed by atoms with Gasteiger partial charge in [0.05, 0.1) is 17.0 Å². The Hall–Kier alpha value is -1.95. The number of ether oxygens (including phenoxy) is 1. The molecule has 7 heteroatoms. The van der Waals surface area contributed by atoms with Gasteiger partial charge in [-0.3, -0.25) is 4.79 Å². The van der Waals surface area contributed by atoms with Crippen molar-refractivity contribution in [3.8, 4) is 5.75 Å². The Kier molecular flexibility index (Phi) is 9.59. The summed E-state index contributed by atoms with van der Waals surface area (Å²) in [5.41, 5.74) is 7.70. The third-order valence-electron chi connectivity index (χ3n) is 7.26. The average Bonchev–Trinajstić information content (AvgIpc) is 3.51. The molecule has 1 atom stereocenters. The van der Waals surface area contributed by atoms with E-state index in [9.17, 15) is 4.79 Å². The van der Waals surface area contributed by atoms with Crippen LogP contribution in [0.2, 0.25) is 10.0 Å². The van der Waals surface area contributed by atoms with E-state index in [-0.39, 0.29) is 11.8 Å². The van der Waals surface area contributed by atoms with Gasteiger partial charge in [0.1, 0.15) is 5.75 Å². The first-order valence-electron chi connectivity index (χ1n) is 12.9. The molecule has 1 saturated carbocycles. The fourth-order valence-corrected chi connectivity index (χ4v) is 5.23. The molecule has 0 aromatic heterocycles. The number of nitrogens with two attached hydrogens (primary N) is 1. The number of amides is 1. The minimum atomic E-state index is -0.202. The van der Waals surface area contributed by atoms with Crippen LogP contribution in [0.5, 0.6) is 5.75 Å². The highest BCUT2D eigenvalue weighted by atomic mass is 35.5. The Labute approximate surface area is 219 Å². The lowest BCUT2D eigenvalue weighted by molar-refractivity contribution is -0.121. The maximum atomic E-state index is 11.0. The smallest absolute Gasteiger partial charge is 0.222 e. The van der Waals surface area contributed by atoms with Gasteiger partial charge in [0.25, 0.3) is 0 Å². The van der Waals surface area contributed by atoms with Gasteiger partial charge in [-0.2, -0.15) is 0 Å². The van der Waals surface area contributed by atoms with Gasteiger partial charge in [-0.1, -0.05) is 29.3 Å². The van der Waals surface area contributed by atoms with Crippen molar-refractivity contribution in [1.82, 2.24) is 4.90 Å². The number of carbonyl (C=O) groups is 1. The molecule has 2 heterocycles. The van der Waals surface area contributed by atoms with Gasteiger partial charge in [-0.25, -0.2) is 0 Å². The van der Waals surface area contributed by atoms with Crippen LogP contribution < -0.4 is 15.4 Å². The van der Waals surface area contributed by atoms with Gasteiger partial charge in [-0.15, -0.1) is 0 Å². The van der Waals surface area contributed by atoms with Crippen molar-refractivity contribution >= 4 is 34.8 Å². The Morgan fingerprint density at radius 3 is 2.31 bits per heavy atom. The van der Waals surface area contributed by atoms with Crippen molar-refractivity contribution in [2.45, 2.75) is 57.5 Å². The number of carbonyl (C=O) groups excluding carboxylic acids is 1. The second-order valence-electron chi connectivity index (χ2n) is 9.90. The van der Waals surface area contributed by atoms with Crippen molar-refractivity contribution in [3.05, 3.63) is 58.1 Å². The number of nitrogens with zero attached hydrogens (tertiary/aromatic N) is 2. The molecule has 3 aliphatic rings. The fraction of sp³-hybridized carbons (Fsp3) is 0.536. The summed E-state index contributed by atoms with van der Waals surface area (Å²) in [7, 11) is 0. The lowest BCUT2D eigenvalue weighted by Gasteiger charge is -2.26. The van der Waals surface area contributed by atoms with Crippen LogP contribution in [0.1, 0.15) is 50.5 Å². The number of hydrogen-bond donors (Lipinski definition) is 1. The molecule has 2 aliphatic heterocycles. The van der Waals surface area contributed by atoms with E-state index in [1.807, 2.05) is 30.3 Å². The Balaban J connectivity index is 0.000000172. The standard InChI is InChI=1S/C17H24ClNO.C11H13ClN2O/c18-16-13-14(5-4-12-19-10-1-2-11-19)8-9-17(16)20-15-6-3-7-15;12-9-1-3-10(4-2-9)14-6-5-8(7-14)11(13)15/h8-9,13,15H,1-7,10-12H2;1-4,8H,5-7H2,(H2,13,15). The van der Waals surface area contributed by atoms with Gasteiger partial charge in [0.2, 0.25) is 5.91 Å². The third kappa shape index (κ3) is 7.77. The van der Waals surface area contributed by atoms with Gasteiger partial charge in [0.15, 0.2) is 0 Å². The maximum absolute atomic E-state index is 11.0. The number of primary amides is 1. The van der Waals surface area contributed by atoms with E-state index in [4.69, 9.17) is 33.7 Å². The van der Waals surface area contributed by atoms with Crippen molar-refractivity contribution < 1.29 is 9.53 Å². The minimum Gasteiger partial charge on any atom is -0.489 e. The number of rotatable bonds is 8. The summed E-state index contributed by atoms with van der Waals surface area (Å²) in [6, 6.07) is 13.9. The molecule has 2 aromatic carbocycles. The monoisotopic (exact) mass is 517 g/mol. The van der Waals surface area contributed by atoms with Crippen LogP contribution in [0.15, 0.2) is 42.5 Å².